The zero-order valence-corrected chi connectivity index (χ0v) is 13.3. The quantitative estimate of drug-likeness (QED) is 0.822. The largest absolute Gasteiger partial charge is 0.493 e. The van der Waals surface area contributed by atoms with Gasteiger partial charge in [0.2, 0.25) is 11.8 Å². The summed E-state index contributed by atoms with van der Waals surface area (Å²) in [6.45, 7) is 0. The SMILES string of the molecule is COc1ccc(N2C(=O)C[C@H](Sc3ncn[nH]3)C2=O)cc1OC. The van der Waals surface area contributed by atoms with E-state index < -0.39 is 5.25 Å². The van der Waals surface area contributed by atoms with Crippen LogP contribution in [0.1, 0.15) is 6.42 Å². The highest BCUT2D eigenvalue weighted by Crippen LogP contribution is 2.36. The summed E-state index contributed by atoms with van der Waals surface area (Å²) in [7, 11) is 3.02. The maximum atomic E-state index is 12.5. The molecule has 1 aromatic carbocycles. The van der Waals surface area contributed by atoms with E-state index in [1.165, 1.54) is 32.3 Å². The molecule has 2 amide bonds. The van der Waals surface area contributed by atoms with E-state index in [-0.39, 0.29) is 18.2 Å². The van der Waals surface area contributed by atoms with Crippen molar-refractivity contribution >= 4 is 29.3 Å². The van der Waals surface area contributed by atoms with Gasteiger partial charge < -0.3 is 9.47 Å². The van der Waals surface area contributed by atoms with Crippen LogP contribution in [-0.2, 0) is 9.59 Å². The number of H-pyrrole nitrogens is 1. The maximum Gasteiger partial charge on any atom is 0.247 e. The first-order valence-corrected chi connectivity index (χ1v) is 7.63. The van der Waals surface area contributed by atoms with Crippen LogP contribution in [0.4, 0.5) is 5.69 Å². The number of ether oxygens (including phenoxy) is 2. The molecule has 120 valence electrons. The molecule has 2 aromatic rings. The van der Waals surface area contributed by atoms with Gasteiger partial charge in [0, 0.05) is 12.5 Å². The third kappa shape index (κ3) is 2.87. The van der Waals surface area contributed by atoms with Gasteiger partial charge in [-0.2, -0.15) is 5.10 Å². The van der Waals surface area contributed by atoms with Crippen LogP contribution >= 0.6 is 11.8 Å². The number of aromatic nitrogens is 3. The molecule has 0 spiro atoms. The molecule has 2 heterocycles. The molecule has 0 unspecified atom stereocenters. The molecule has 8 nitrogen and oxygen atoms in total. The number of imide groups is 1. The summed E-state index contributed by atoms with van der Waals surface area (Å²) in [6, 6.07) is 4.92. The van der Waals surface area contributed by atoms with Crippen LogP contribution in [0, 0.1) is 0 Å². The molecule has 1 N–H and O–H groups in total. The lowest BCUT2D eigenvalue weighted by Crippen LogP contribution is -2.31. The Morgan fingerprint density at radius 2 is 2.04 bits per heavy atom. The molecule has 23 heavy (non-hydrogen) atoms. The second kappa shape index (κ2) is 6.29. The van der Waals surface area contributed by atoms with Gasteiger partial charge in [-0.25, -0.2) is 9.88 Å². The predicted molar refractivity (Wildman–Crippen MR) is 82.7 cm³/mol. The average Bonchev–Trinajstić information content (AvgIpc) is 3.16. The van der Waals surface area contributed by atoms with Crippen molar-refractivity contribution in [3.63, 3.8) is 0 Å². The highest BCUT2D eigenvalue weighted by Gasteiger charge is 2.40. The molecule has 1 aliphatic rings. The molecule has 0 radical (unpaired) electrons. The highest BCUT2D eigenvalue weighted by molar-refractivity contribution is 8.00. The number of anilines is 1. The summed E-state index contributed by atoms with van der Waals surface area (Å²) in [5.74, 6) is 0.433. The number of rotatable bonds is 5. The number of hydrogen-bond donors (Lipinski definition) is 1. The molecular weight excluding hydrogens is 320 g/mol. The number of thioether (sulfide) groups is 1. The van der Waals surface area contributed by atoms with Crippen LogP contribution in [0.15, 0.2) is 29.7 Å². The van der Waals surface area contributed by atoms with Crippen molar-refractivity contribution in [2.45, 2.75) is 16.8 Å². The minimum absolute atomic E-state index is 0.110. The van der Waals surface area contributed by atoms with E-state index in [2.05, 4.69) is 15.2 Å². The second-order valence-corrected chi connectivity index (χ2v) is 5.90. The van der Waals surface area contributed by atoms with Gasteiger partial charge in [-0.1, -0.05) is 11.8 Å². The van der Waals surface area contributed by atoms with Crippen LogP contribution < -0.4 is 14.4 Å². The number of benzene rings is 1. The number of nitrogens with zero attached hydrogens (tertiary/aromatic N) is 3. The highest BCUT2D eigenvalue weighted by atomic mass is 32.2. The van der Waals surface area contributed by atoms with Gasteiger partial charge in [0.1, 0.15) is 11.6 Å². The van der Waals surface area contributed by atoms with Gasteiger partial charge in [0.15, 0.2) is 16.7 Å². The van der Waals surface area contributed by atoms with Crippen LogP contribution in [0.5, 0.6) is 11.5 Å². The fraction of sp³-hybridized carbons (Fsp3) is 0.286. The van der Waals surface area contributed by atoms with Gasteiger partial charge in [-0.3, -0.25) is 14.7 Å². The van der Waals surface area contributed by atoms with Crippen LogP contribution in [0.2, 0.25) is 0 Å². The monoisotopic (exact) mass is 334 g/mol. The Hall–Kier alpha value is -2.55. The second-order valence-electron chi connectivity index (χ2n) is 4.71. The Morgan fingerprint density at radius 3 is 2.70 bits per heavy atom. The number of carbonyl (C=O) groups is 2. The molecule has 3 rings (SSSR count). The van der Waals surface area contributed by atoms with Crippen molar-refractivity contribution in [2.75, 3.05) is 19.1 Å². The number of amides is 2. The summed E-state index contributed by atoms with van der Waals surface area (Å²) >= 11 is 1.19. The Labute approximate surface area is 136 Å². The lowest BCUT2D eigenvalue weighted by atomic mass is 10.2. The Bertz CT molecular complexity index is 734. The average molecular weight is 334 g/mol. The molecule has 1 aliphatic heterocycles. The zero-order chi connectivity index (χ0) is 16.4. The molecule has 9 heteroatoms. The van der Waals surface area contributed by atoms with Gasteiger partial charge in [0.05, 0.1) is 19.9 Å². The normalized spacial score (nSPS) is 17.7. The zero-order valence-electron chi connectivity index (χ0n) is 12.5. The third-order valence-electron chi connectivity index (χ3n) is 3.38. The van der Waals surface area contributed by atoms with Crippen molar-refractivity contribution in [1.29, 1.82) is 0 Å². The van der Waals surface area contributed by atoms with E-state index in [0.29, 0.717) is 22.3 Å². The van der Waals surface area contributed by atoms with Gasteiger partial charge >= 0.3 is 0 Å². The van der Waals surface area contributed by atoms with Crippen molar-refractivity contribution < 1.29 is 19.1 Å². The van der Waals surface area contributed by atoms with E-state index in [0.717, 1.165) is 4.90 Å². The molecule has 0 bridgehead atoms. The summed E-state index contributed by atoms with van der Waals surface area (Å²) in [4.78, 5) is 29.9. The van der Waals surface area contributed by atoms with E-state index in [4.69, 9.17) is 9.47 Å². The Balaban J connectivity index is 1.85. The molecule has 0 aliphatic carbocycles. The predicted octanol–water partition coefficient (Wildman–Crippen LogP) is 1.25. The number of nitrogens with one attached hydrogen (secondary N) is 1. The summed E-state index contributed by atoms with van der Waals surface area (Å²) in [5, 5.41) is 6.38. The van der Waals surface area contributed by atoms with Gasteiger partial charge in [-0.15, -0.1) is 0 Å². The molecule has 1 atom stereocenters. The van der Waals surface area contributed by atoms with E-state index >= 15 is 0 Å². The number of aromatic amines is 1. The summed E-state index contributed by atoms with van der Waals surface area (Å²) in [6.07, 6.45) is 1.47. The summed E-state index contributed by atoms with van der Waals surface area (Å²) in [5.41, 5.74) is 0.457. The lowest BCUT2D eigenvalue weighted by Gasteiger charge is -2.16. The van der Waals surface area contributed by atoms with Crippen molar-refractivity contribution in [3.8, 4) is 11.5 Å². The topological polar surface area (TPSA) is 97.4 Å². The van der Waals surface area contributed by atoms with E-state index in [1.54, 1.807) is 18.2 Å². The molecular formula is C14H14N4O4S. The summed E-state index contributed by atoms with van der Waals surface area (Å²) < 4.78 is 10.4. The maximum absolute atomic E-state index is 12.5. The number of carbonyl (C=O) groups excluding carboxylic acids is 2. The smallest absolute Gasteiger partial charge is 0.247 e. The molecule has 0 saturated carbocycles. The number of hydrogen-bond acceptors (Lipinski definition) is 7. The van der Waals surface area contributed by atoms with Crippen LogP contribution in [0.3, 0.4) is 0 Å². The minimum atomic E-state index is -0.524. The van der Waals surface area contributed by atoms with Gasteiger partial charge in [-0.05, 0) is 12.1 Å². The fourth-order valence-corrected chi connectivity index (χ4v) is 3.23. The van der Waals surface area contributed by atoms with Crippen LogP contribution in [-0.4, -0.2) is 46.5 Å². The first kappa shape index (κ1) is 15.3. The Kier molecular flexibility index (Phi) is 4.20. The van der Waals surface area contributed by atoms with Crippen molar-refractivity contribution in [2.24, 2.45) is 0 Å². The third-order valence-corrected chi connectivity index (χ3v) is 4.45. The van der Waals surface area contributed by atoms with E-state index in [1.807, 2.05) is 0 Å². The lowest BCUT2D eigenvalue weighted by molar-refractivity contribution is -0.121. The van der Waals surface area contributed by atoms with Crippen molar-refractivity contribution in [1.82, 2.24) is 15.2 Å². The number of methoxy groups -OCH3 is 2. The van der Waals surface area contributed by atoms with Gasteiger partial charge in [0.25, 0.3) is 0 Å². The molecule has 1 aromatic heterocycles. The van der Waals surface area contributed by atoms with E-state index in [9.17, 15) is 9.59 Å². The first-order valence-electron chi connectivity index (χ1n) is 6.75. The fourth-order valence-electron chi connectivity index (χ4n) is 2.32. The van der Waals surface area contributed by atoms with Crippen molar-refractivity contribution in [3.05, 3.63) is 24.5 Å². The first-order chi connectivity index (χ1) is 11.1. The minimum Gasteiger partial charge on any atom is -0.493 e. The molecule has 1 saturated heterocycles. The van der Waals surface area contributed by atoms with Crippen LogP contribution in [0.25, 0.3) is 0 Å². The molecule has 1 fully saturated rings. The standard InChI is InChI=1S/C14H14N4O4S/c1-21-9-4-3-8(5-10(9)22-2)18-12(19)6-11(13(18)20)23-14-15-7-16-17-14/h3-5,7,11H,6H2,1-2H3,(H,15,16,17)/t11-/m0/s1. The Morgan fingerprint density at radius 1 is 1.26 bits per heavy atom.